The van der Waals surface area contributed by atoms with Gasteiger partial charge in [-0.25, -0.2) is 0 Å². The Morgan fingerprint density at radius 2 is 2.35 bits per heavy atom. The Balaban J connectivity index is 1.83. The first-order chi connectivity index (χ1) is 9.56. The van der Waals surface area contributed by atoms with Gasteiger partial charge in [0.15, 0.2) is 0 Å². The largest absolute Gasteiger partial charge is 0.353 e. The zero-order valence-electron chi connectivity index (χ0n) is 12.1. The SMILES string of the molecule is CC(=O)N1CCCC(C(=O)NC(C)Cc2ccsc2)C1. The number of thiophene rings is 1. The molecule has 0 spiro atoms. The summed E-state index contributed by atoms with van der Waals surface area (Å²) in [6.07, 6.45) is 2.65. The molecule has 1 aromatic rings. The molecule has 2 rings (SSSR count). The lowest BCUT2D eigenvalue weighted by molar-refractivity contribution is -0.134. The molecule has 0 aliphatic carbocycles. The van der Waals surface area contributed by atoms with Crippen LogP contribution in [0.3, 0.4) is 0 Å². The number of carbonyl (C=O) groups excluding carboxylic acids is 2. The van der Waals surface area contributed by atoms with E-state index >= 15 is 0 Å². The van der Waals surface area contributed by atoms with Crippen LogP contribution < -0.4 is 5.32 Å². The van der Waals surface area contributed by atoms with Gasteiger partial charge in [0.25, 0.3) is 0 Å². The molecule has 1 N–H and O–H groups in total. The Morgan fingerprint density at radius 1 is 1.55 bits per heavy atom. The van der Waals surface area contributed by atoms with E-state index in [1.54, 1.807) is 23.2 Å². The molecular formula is C15H22N2O2S. The van der Waals surface area contributed by atoms with Crippen LogP contribution in [-0.2, 0) is 16.0 Å². The van der Waals surface area contributed by atoms with E-state index in [0.29, 0.717) is 6.54 Å². The fourth-order valence-electron chi connectivity index (χ4n) is 2.65. The van der Waals surface area contributed by atoms with Crippen LogP contribution in [-0.4, -0.2) is 35.8 Å². The van der Waals surface area contributed by atoms with Crippen LogP contribution in [0.15, 0.2) is 16.8 Å². The summed E-state index contributed by atoms with van der Waals surface area (Å²) in [6, 6.07) is 2.22. The minimum atomic E-state index is -0.0578. The highest BCUT2D eigenvalue weighted by Gasteiger charge is 2.27. The number of piperidine rings is 1. The molecular weight excluding hydrogens is 272 g/mol. The Bertz CT molecular complexity index is 458. The van der Waals surface area contributed by atoms with Crippen molar-refractivity contribution in [1.82, 2.24) is 10.2 Å². The second-order valence-electron chi connectivity index (χ2n) is 5.55. The first-order valence-corrected chi connectivity index (χ1v) is 8.07. The fraction of sp³-hybridized carbons (Fsp3) is 0.600. The van der Waals surface area contributed by atoms with E-state index in [-0.39, 0.29) is 23.8 Å². The van der Waals surface area contributed by atoms with Gasteiger partial charge in [0.05, 0.1) is 5.92 Å². The first-order valence-electron chi connectivity index (χ1n) is 7.13. The van der Waals surface area contributed by atoms with E-state index in [9.17, 15) is 9.59 Å². The third-order valence-electron chi connectivity index (χ3n) is 3.75. The van der Waals surface area contributed by atoms with Gasteiger partial charge in [0.2, 0.25) is 11.8 Å². The van der Waals surface area contributed by atoms with Gasteiger partial charge in [0, 0.05) is 26.1 Å². The second-order valence-corrected chi connectivity index (χ2v) is 6.33. The lowest BCUT2D eigenvalue weighted by atomic mass is 9.96. The summed E-state index contributed by atoms with van der Waals surface area (Å²) in [4.78, 5) is 25.4. The van der Waals surface area contributed by atoms with E-state index in [0.717, 1.165) is 25.8 Å². The second kappa shape index (κ2) is 6.88. The zero-order valence-corrected chi connectivity index (χ0v) is 12.9. The predicted molar refractivity (Wildman–Crippen MR) is 80.6 cm³/mol. The fourth-order valence-corrected chi connectivity index (χ4v) is 3.33. The average molecular weight is 294 g/mol. The third kappa shape index (κ3) is 4.07. The molecule has 2 atom stereocenters. The standard InChI is InChI=1S/C15H22N2O2S/c1-11(8-13-5-7-20-10-13)16-15(19)14-4-3-6-17(9-14)12(2)18/h5,7,10-11,14H,3-4,6,8-9H2,1-2H3,(H,16,19). The summed E-state index contributed by atoms with van der Waals surface area (Å²) >= 11 is 1.68. The molecule has 2 heterocycles. The number of carbonyl (C=O) groups is 2. The lowest BCUT2D eigenvalue weighted by Crippen LogP contribution is -2.46. The third-order valence-corrected chi connectivity index (χ3v) is 4.48. The van der Waals surface area contributed by atoms with Gasteiger partial charge < -0.3 is 10.2 Å². The van der Waals surface area contributed by atoms with Crippen LogP contribution >= 0.6 is 11.3 Å². The van der Waals surface area contributed by atoms with E-state index in [2.05, 4.69) is 22.1 Å². The van der Waals surface area contributed by atoms with Crippen molar-refractivity contribution in [2.45, 2.75) is 39.2 Å². The summed E-state index contributed by atoms with van der Waals surface area (Å²) in [5, 5.41) is 7.24. The monoisotopic (exact) mass is 294 g/mol. The molecule has 110 valence electrons. The van der Waals surface area contributed by atoms with Gasteiger partial charge in [-0.1, -0.05) is 0 Å². The molecule has 1 aliphatic heterocycles. The summed E-state index contributed by atoms with van der Waals surface area (Å²) in [5.74, 6) is 0.0880. The molecule has 2 amide bonds. The normalized spacial score (nSPS) is 20.5. The van der Waals surface area contributed by atoms with Crippen molar-refractivity contribution in [3.05, 3.63) is 22.4 Å². The van der Waals surface area contributed by atoms with Gasteiger partial charge >= 0.3 is 0 Å². The van der Waals surface area contributed by atoms with Crippen LogP contribution in [0.5, 0.6) is 0 Å². The van der Waals surface area contributed by atoms with Gasteiger partial charge in [-0.05, 0) is 48.6 Å². The van der Waals surface area contributed by atoms with Crippen molar-refractivity contribution in [1.29, 1.82) is 0 Å². The topological polar surface area (TPSA) is 49.4 Å². The molecule has 0 saturated carbocycles. The molecule has 0 bridgehead atoms. The minimum Gasteiger partial charge on any atom is -0.353 e. The smallest absolute Gasteiger partial charge is 0.225 e. The Morgan fingerprint density at radius 3 is 3.00 bits per heavy atom. The van der Waals surface area contributed by atoms with Crippen molar-refractivity contribution in [3.8, 4) is 0 Å². The van der Waals surface area contributed by atoms with Crippen molar-refractivity contribution >= 4 is 23.2 Å². The summed E-state index contributed by atoms with van der Waals surface area (Å²) in [7, 11) is 0. The summed E-state index contributed by atoms with van der Waals surface area (Å²) < 4.78 is 0. The van der Waals surface area contributed by atoms with E-state index in [1.807, 2.05) is 6.92 Å². The van der Waals surface area contributed by atoms with E-state index in [1.165, 1.54) is 5.56 Å². The van der Waals surface area contributed by atoms with Crippen molar-refractivity contribution in [2.75, 3.05) is 13.1 Å². The maximum absolute atomic E-state index is 12.3. The minimum absolute atomic E-state index is 0.0578. The van der Waals surface area contributed by atoms with Crippen molar-refractivity contribution in [3.63, 3.8) is 0 Å². The number of rotatable bonds is 4. The average Bonchev–Trinajstić information content (AvgIpc) is 2.91. The van der Waals surface area contributed by atoms with E-state index in [4.69, 9.17) is 0 Å². The maximum atomic E-state index is 12.3. The summed E-state index contributed by atoms with van der Waals surface area (Å²) in [5.41, 5.74) is 1.26. The Kier molecular flexibility index (Phi) is 5.17. The van der Waals surface area contributed by atoms with Crippen molar-refractivity contribution in [2.24, 2.45) is 5.92 Å². The zero-order chi connectivity index (χ0) is 14.5. The Hall–Kier alpha value is -1.36. The van der Waals surface area contributed by atoms with Gasteiger partial charge in [-0.15, -0.1) is 0 Å². The highest BCUT2D eigenvalue weighted by Crippen LogP contribution is 2.17. The Labute approximate surface area is 124 Å². The van der Waals surface area contributed by atoms with Gasteiger partial charge in [-0.2, -0.15) is 11.3 Å². The highest BCUT2D eigenvalue weighted by atomic mass is 32.1. The lowest BCUT2D eigenvalue weighted by Gasteiger charge is -2.31. The van der Waals surface area contributed by atoms with Crippen LogP contribution in [0, 0.1) is 5.92 Å². The van der Waals surface area contributed by atoms with Gasteiger partial charge in [-0.3, -0.25) is 9.59 Å². The first kappa shape index (κ1) is 15.0. The molecule has 0 aromatic carbocycles. The quantitative estimate of drug-likeness (QED) is 0.924. The summed E-state index contributed by atoms with van der Waals surface area (Å²) in [6.45, 7) is 4.94. The van der Waals surface area contributed by atoms with Crippen LogP contribution in [0.2, 0.25) is 0 Å². The number of nitrogens with zero attached hydrogens (tertiary/aromatic N) is 1. The van der Waals surface area contributed by atoms with Crippen LogP contribution in [0.4, 0.5) is 0 Å². The molecule has 1 fully saturated rings. The van der Waals surface area contributed by atoms with Crippen LogP contribution in [0.1, 0.15) is 32.3 Å². The number of hydrogen-bond acceptors (Lipinski definition) is 3. The van der Waals surface area contributed by atoms with Crippen molar-refractivity contribution < 1.29 is 9.59 Å². The van der Waals surface area contributed by atoms with Gasteiger partial charge in [0.1, 0.15) is 0 Å². The number of nitrogens with one attached hydrogen (secondary N) is 1. The maximum Gasteiger partial charge on any atom is 0.225 e. The number of amides is 2. The molecule has 1 saturated heterocycles. The molecule has 5 heteroatoms. The molecule has 2 unspecified atom stereocenters. The van der Waals surface area contributed by atoms with E-state index < -0.39 is 0 Å². The molecule has 1 aliphatic rings. The highest BCUT2D eigenvalue weighted by molar-refractivity contribution is 7.07. The molecule has 4 nitrogen and oxygen atoms in total. The molecule has 1 aromatic heterocycles. The van der Waals surface area contributed by atoms with Crippen LogP contribution in [0.25, 0.3) is 0 Å². The molecule has 0 radical (unpaired) electrons. The predicted octanol–water partition coefficient (Wildman–Crippen LogP) is 2.05. The number of hydrogen-bond donors (Lipinski definition) is 1. The number of likely N-dealkylation sites (tertiary alicyclic amines) is 1. The molecule has 20 heavy (non-hydrogen) atoms.